The SMILES string of the molecule is Cc1nc(CNC2COc3ccccc32)cs1. The van der Waals surface area contributed by atoms with Gasteiger partial charge in [-0.2, -0.15) is 0 Å². The number of thiazole rings is 1. The fourth-order valence-corrected chi connectivity index (χ4v) is 2.66. The van der Waals surface area contributed by atoms with Crippen LogP contribution in [0.2, 0.25) is 0 Å². The number of aryl methyl sites for hydroxylation is 1. The van der Waals surface area contributed by atoms with E-state index in [0.29, 0.717) is 6.61 Å². The van der Waals surface area contributed by atoms with Gasteiger partial charge in [-0.3, -0.25) is 0 Å². The fraction of sp³-hybridized carbons (Fsp3) is 0.308. The van der Waals surface area contributed by atoms with Crippen LogP contribution >= 0.6 is 11.3 Å². The third-order valence-electron chi connectivity index (χ3n) is 2.90. The van der Waals surface area contributed by atoms with E-state index in [1.54, 1.807) is 11.3 Å². The summed E-state index contributed by atoms with van der Waals surface area (Å²) in [6.45, 7) is 3.54. The molecule has 1 N–H and O–H groups in total. The van der Waals surface area contributed by atoms with E-state index < -0.39 is 0 Å². The van der Waals surface area contributed by atoms with Crippen LogP contribution < -0.4 is 10.1 Å². The van der Waals surface area contributed by atoms with Crippen LogP contribution in [0.5, 0.6) is 5.75 Å². The molecule has 1 aliphatic rings. The van der Waals surface area contributed by atoms with Crippen molar-refractivity contribution in [2.24, 2.45) is 0 Å². The summed E-state index contributed by atoms with van der Waals surface area (Å²) < 4.78 is 5.62. The molecule has 4 heteroatoms. The highest BCUT2D eigenvalue weighted by Crippen LogP contribution is 2.31. The van der Waals surface area contributed by atoms with E-state index in [2.05, 4.69) is 27.8 Å². The lowest BCUT2D eigenvalue weighted by atomic mass is 10.1. The molecule has 0 saturated heterocycles. The molecule has 1 atom stereocenters. The quantitative estimate of drug-likeness (QED) is 0.904. The molecule has 3 rings (SSSR count). The number of fused-ring (bicyclic) bond motifs is 1. The van der Waals surface area contributed by atoms with Gasteiger partial charge in [-0.25, -0.2) is 4.98 Å². The Hall–Kier alpha value is -1.39. The molecule has 0 fully saturated rings. The second-order valence-electron chi connectivity index (χ2n) is 4.14. The number of ether oxygens (including phenoxy) is 1. The molecule has 17 heavy (non-hydrogen) atoms. The predicted molar refractivity (Wildman–Crippen MR) is 68.4 cm³/mol. The highest BCUT2D eigenvalue weighted by molar-refractivity contribution is 7.09. The van der Waals surface area contributed by atoms with E-state index in [4.69, 9.17) is 4.74 Å². The van der Waals surface area contributed by atoms with Crippen molar-refractivity contribution in [1.82, 2.24) is 10.3 Å². The maximum absolute atomic E-state index is 5.62. The van der Waals surface area contributed by atoms with Gasteiger partial charge in [0.15, 0.2) is 0 Å². The third-order valence-corrected chi connectivity index (χ3v) is 3.72. The molecule has 0 spiro atoms. The van der Waals surface area contributed by atoms with Crippen LogP contribution in [0.1, 0.15) is 22.3 Å². The summed E-state index contributed by atoms with van der Waals surface area (Å²) >= 11 is 1.69. The van der Waals surface area contributed by atoms with Crippen molar-refractivity contribution >= 4 is 11.3 Å². The maximum Gasteiger partial charge on any atom is 0.124 e. The third kappa shape index (κ3) is 2.18. The number of nitrogens with one attached hydrogen (secondary N) is 1. The second-order valence-corrected chi connectivity index (χ2v) is 5.20. The molecule has 88 valence electrons. The van der Waals surface area contributed by atoms with Crippen molar-refractivity contribution in [3.63, 3.8) is 0 Å². The van der Waals surface area contributed by atoms with Gasteiger partial charge in [0.1, 0.15) is 12.4 Å². The molecular formula is C13H14N2OS. The Morgan fingerprint density at radius 2 is 2.35 bits per heavy atom. The first-order valence-electron chi connectivity index (χ1n) is 5.69. The highest BCUT2D eigenvalue weighted by atomic mass is 32.1. The first kappa shape index (κ1) is 10.7. The molecule has 1 unspecified atom stereocenters. The predicted octanol–water partition coefficient (Wildman–Crippen LogP) is 2.67. The van der Waals surface area contributed by atoms with E-state index in [-0.39, 0.29) is 6.04 Å². The Bertz CT molecular complexity index is 524. The van der Waals surface area contributed by atoms with Gasteiger partial charge in [-0.05, 0) is 13.0 Å². The van der Waals surface area contributed by atoms with Crippen LogP contribution in [-0.4, -0.2) is 11.6 Å². The molecule has 1 aliphatic heterocycles. The average molecular weight is 246 g/mol. The fourth-order valence-electron chi connectivity index (χ4n) is 2.05. The van der Waals surface area contributed by atoms with Gasteiger partial charge in [0.2, 0.25) is 0 Å². The molecular weight excluding hydrogens is 232 g/mol. The smallest absolute Gasteiger partial charge is 0.124 e. The van der Waals surface area contributed by atoms with Crippen LogP contribution in [0.3, 0.4) is 0 Å². The molecule has 0 amide bonds. The summed E-state index contributed by atoms with van der Waals surface area (Å²) in [5, 5.41) is 6.70. The zero-order chi connectivity index (χ0) is 11.7. The molecule has 2 aromatic rings. The van der Waals surface area contributed by atoms with Crippen molar-refractivity contribution < 1.29 is 4.74 Å². The van der Waals surface area contributed by atoms with Crippen LogP contribution in [0.4, 0.5) is 0 Å². The Balaban J connectivity index is 1.68. The van der Waals surface area contributed by atoms with E-state index in [1.165, 1.54) is 5.56 Å². The summed E-state index contributed by atoms with van der Waals surface area (Å²) in [6, 6.07) is 8.48. The van der Waals surface area contributed by atoms with Crippen molar-refractivity contribution in [3.05, 3.63) is 45.9 Å². The van der Waals surface area contributed by atoms with E-state index in [0.717, 1.165) is 23.0 Å². The van der Waals surface area contributed by atoms with E-state index in [9.17, 15) is 0 Å². The molecule has 3 nitrogen and oxygen atoms in total. The van der Waals surface area contributed by atoms with Crippen molar-refractivity contribution in [2.75, 3.05) is 6.61 Å². The Morgan fingerprint density at radius 1 is 1.47 bits per heavy atom. The number of nitrogens with zero attached hydrogens (tertiary/aromatic N) is 1. The van der Waals surface area contributed by atoms with Gasteiger partial charge in [0.25, 0.3) is 0 Å². The number of aromatic nitrogens is 1. The highest BCUT2D eigenvalue weighted by Gasteiger charge is 2.22. The monoisotopic (exact) mass is 246 g/mol. The van der Waals surface area contributed by atoms with Crippen LogP contribution in [-0.2, 0) is 6.54 Å². The molecule has 1 aromatic carbocycles. The minimum Gasteiger partial charge on any atom is -0.491 e. The van der Waals surface area contributed by atoms with Crippen LogP contribution in [0, 0.1) is 6.92 Å². The van der Waals surface area contributed by atoms with Crippen molar-refractivity contribution in [2.45, 2.75) is 19.5 Å². The normalized spacial score (nSPS) is 17.8. The molecule has 0 saturated carbocycles. The maximum atomic E-state index is 5.62. The van der Waals surface area contributed by atoms with Gasteiger partial charge in [0, 0.05) is 17.5 Å². The van der Waals surface area contributed by atoms with Gasteiger partial charge >= 0.3 is 0 Å². The first-order valence-corrected chi connectivity index (χ1v) is 6.57. The second kappa shape index (κ2) is 4.47. The number of rotatable bonds is 3. The lowest BCUT2D eigenvalue weighted by Crippen LogP contribution is -2.22. The Morgan fingerprint density at radius 3 is 3.18 bits per heavy atom. The van der Waals surface area contributed by atoms with Crippen molar-refractivity contribution in [3.8, 4) is 5.75 Å². The lowest BCUT2D eigenvalue weighted by Gasteiger charge is -2.09. The van der Waals surface area contributed by atoms with Gasteiger partial charge in [0.05, 0.1) is 16.7 Å². The molecule has 1 aromatic heterocycles. The summed E-state index contributed by atoms with van der Waals surface area (Å²) in [5.74, 6) is 0.999. The number of hydrogen-bond donors (Lipinski definition) is 1. The summed E-state index contributed by atoms with van der Waals surface area (Å²) in [6.07, 6.45) is 0. The van der Waals surface area contributed by atoms with Crippen molar-refractivity contribution in [1.29, 1.82) is 0 Å². The first-order chi connectivity index (χ1) is 8.33. The zero-order valence-electron chi connectivity index (χ0n) is 9.64. The van der Waals surface area contributed by atoms with Gasteiger partial charge in [-0.1, -0.05) is 18.2 Å². The molecule has 0 bridgehead atoms. The lowest BCUT2D eigenvalue weighted by molar-refractivity contribution is 0.310. The molecule has 0 radical (unpaired) electrons. The summed E-state index contributed by atoms with van der Waals surface area (Å²) in [7, 11) is 0. The number of para-hydroxylation sites is 1. The Labute approximate surface area is 104 Å². The summed E-state index contributed by atoms with van der Waals surface area (Å²) in [5.41, 5.74) is 2.36. The minimum absolute atomic E-state index is 0.285. The van der Waals surface area contributed by atoms with E-state index >= 15 is 0 Å². The summed E-state index contributed by atoms with van der Waals surface area (Å²) in [4.78, 5) is 4.44. The van der Waals surface area contributed by atoms with Crippen LogP contribution in [0.25, 0.3) is 0 Å². The minimum atomic E-state index is 0.285. The standard InChI is InChI=1S/C13H14N2OS/c1-9-15-10(8-17-9)6-14-12-7-16-13-5-3-2-4-11(12)13/h2-5,8,12,14H,6-7H2,1H3. The van der Waals surface area contributed by atoms with Gasteiger partial charge in [-0.15, -0.1) is 11.3 Å². The van der Waals surface area contributed by atoms with E-state index in [1.807, 2.05) is 19.1 Å². The van der Waals surface area contributed by atoms with Gasteiger partial charge < -0.3 is 10.1 Å². The topological polar surface area (TPSA) is 34.2 Å². The number of benzene rings is 1. The number of hydrogen-bond acceptors (Lipinski definition) is 4. The zero-order valence-corrected chi connectivity index (χ0v) is 10.5. The molecule has 2 heterocycles. The Kier molecular flexibility index (Phi) is 2.82. The molecule has 0 aliphatic carbocycles. The largest absolute Gasteiger partial charge is 0.491 e. The average Bonchev–Trinajstić information content (AvgIpc) is 2.93. The van der Waals surface area contributed by atoms with Crippen LogP contribution in [0.15, 0.2) is 29.6 Å².